The number of phenolic OH excluding ortho intramolecular Hbond substituents is 1. The van der Waals surface area contributed by atoms with E-state index in [1.807, 2.05) is 0 Å². The smallest absolute Gasteiger partial charge is 0.335 e. The zero-order valence-corrected chi connectivity index (χ0v) is 8.86. The molecular weight excluding hydrogens is 220 g/mol. The minimum Gasteiger partial charge on any atom is -0.508 e. The molecule has 1 aromatic carbocycles. The van der Waals surface area contributed by atoms with Crippen LogP contribution in [0.2, 0.25) is 5.02 Å². The van der Waals surface area contributed by atoms with E-state index in [1.165, 1.54) is 25.3 Å². The molecule has 82 valence electrons. The van der Waals surface area contributed by atoms with Crippen LogP contribution in [0.5, 0.6) is 5.75 Å². The summed E-state index contributed by atoms with van der Waals surface area (Å²) in [6.07, 6.45) is -1.26. The van der Waals surface area contributed by atoms with E-state index in [-0.39, 0.29) is 12.2 Å². The lowest BCUT2D eigenvalue weighted by Crippen LogP contribution is -2.24. The molecule has 1 aromatic rings. The lowest BCUT2D eigenvalue weighted by Gasteiger charge is -2.09. The molecule has 5 heteroatoms. The first kappa shape index (κ1) is 11.8. The molecule has 0 aliphatic carbocycles. The van der Waals surface area contributed by atoms with Gasteiger partial charge in [0.1, 0.15) is 5.75 Å². The molecule has 0 saturated heterocycles. The van der Waals surface area contributed by atoms with E-state index in [9.17, 15) is 15.0 Å². The summed E-state index contributed by atoms with van der Waals surface area (Å²) in [5.74, 6) is -0.694. The number of phenols is 1. The Morgan fingerprint density at radius 3 is 2.87 bits per heavy atom. The van der Waals surface area contributed by atoms with Gasteiger partial charge in [0.15, 0.2) is 6.10 Å². The summed E-state index contributed by atoms with van der Waals surface area (Å²) in [6.45, 7) is 0. The van der Waals surface area contributed by atoms with Crippen LogP contribution < -0.4 is 0 Å². The molecule has 0 aromatic heterocycles. The molecule has 15 heavy (non-hydrogen) atoms. The first-order chi connectivity index (χ1) is 7.04. The van der Waals surface area contributed by atoms with Crippen LogP contribution in [0, 0.1) is 0 Å². The third kappa shape index (κ3) is 3.11. The number of carbonyl (C=O) groups excluding carboxylic acids is 1. The molecule has 0 spiro atoms. The number of hydrogen-bond donors (Lipinski definition) is 2. The Morgan fingerprint density at radius 1 is 1.60 bits per heavy atom. The zero-order valence-electron chi connectivity index (χ0n) is 8.11. The fourth-order valence-corrected chi connectivity index (χ4v) is 1.34. The van der Waals surface area contributed by atoms with Crippen molar-refractivity contribution < 1.29 is 19.7 Å². The van der Waals surface area contributed by atoms with Crippen LogP contribution in [-0.4, -0.2) is 29.4 Å². The van der Waals surface area contributed by atoms with Gasteiger partial charge >= 0.3 is 5.97 Å². The molecule has 4 nitrogen and oxygen atoms in total. The summed E-state index contributed by atoms with van der Waals surface area (Å²) >= 11 is 5.81. The van der Waals surface area contributed by atoms with Crippen molar-refractivity contribution in [3.05, 3.63) is 28.8 Å². The number of aliphatic hydroxyl groups is 1. The van der Waals surface area contributed by atoms with Gasteiger partial charge in [0.2, 0.25) is 0 Å². The Hall–Kier alpha value is -1.26. The van der Waals surface area contributed by atoms with Crippen molar-refractivity contribution in [3.63, 3.8) is 0 Å². The monoisotopic (exact) mass is 230 g/mol. The Morgan fingerprint density at radius 2 is 2.27 bits per heavy atom. The number of methoxy groups -OCH3 is 1. The number of aromatic hydroxyl groups is 1. The van der Waals surface area contributed by atoms with Crippen molar-refractivity contribution >= 4 is 17.6 Å². The molecule has 1 atom stereocenters. The molecule has 1 unspecified atom stereocenters. The van der Waals surface area contributed by atoms with Crippen LogP contribution in [0.1, 0.15) is 5.56 Å². The first-order valence-electron chi connectivity index (χ1n) is 4.28. The summed E-state index contributed by atoms with van der Waals surface area (Å²) in [5, 5.41) is 18.9. The average molecular weight is 231 g/mol. The molecule has 0 aliphatic rings. The van der Waals surface area contributed by atoms with Crippen molar-refractivity contribution in [1.82, 2.24) is 0 Å². The molecule has 1 rings (SSSR count). The van der Waals surface area contributed by atoms with Gasteiger partial charge in [0.05, 0.1) is 7.11 Å². The average Bonchev–Trinajstić information content (AvgIpc) is 2.22. The molecule has 0 amide bonds. The number of esters is 1. The summed E-state index contributed by atoms with van der Waals surface area (Å²) in [4.78, 5) is 10.9. The van der Waals surface area contributed by atoms with Gasteiger partial charge in [-0.1, -0.05) is 11.6 Å². The van der Waals surface area contributed by atoms with Gasteiger partial charge in [-0.15, -0.1) is 0 Å². The van der Waals surface area contributed by atoms with Gasteiger partial charge in [-0.3, -0.25) is 0 Å². The van der Waals surface area contributed by atoms with Gasteiger partial charge in [-0.25, -0.2) is 4.79 Å². The van der Waals surface area contributed by atoms with E-state index < -0.39 is 12.1 Å². The molecule has 0 aliphatic heterocycles. The second-order valence-electron chi connectivity index (χ2n) is 3.02. The second kappa shape index (κ2) is 5.00. The lowest BCUT2D eigenvalue weighted by molar-refractivity contribution is -0.150. The number of ether oxygens (including phenoxy) is 1. The van der Waals surface area contributed by atoms with Crippen molar-refractivity contribution in [2.24, 2.45) is 0 Å². The minimum atomic E-state index is -1.27. The van der Waals surface area contributed by atoms with E-state index >= 15 is 0 Å². The lowest BCUT2D eigenvalue weighted by atomic mass is 10.1. The summed E-state index contributed by atoms with van der Waals surface area (Å²) in [6, 6.07) is 4.32. The highest BCUT2D eigenvalue weighted by atomic mass is 35.5. The Balaban J connectivity index is 2.80. The molecule has 2 N–H and O–H groups in total. The first-order valence-corrected chi connectivity index (χ1v) is 4.65. The highest BCUT2D eigenvalue weighted by Crippen LogP contribution is 2.22. The normalized spacial score (nSPS) is 12.2. The van der Waals surface area contributed by atoms with Crippen LogP contribution in [0.25, 0.3) is 0 Å². The quantitative estimate of drug-likeness (QED) is 0.764. The van der Waals surface area contributed by atoms with Crippen LogP contribution in [0.15, 0.2) is 18.2 Å². The van der Waals surface area contributed by atoms with E-state index in [4.69, 9.17) is 11.6 Å². The summed E-state index contributed by atoms with van der Waals surface area (Å²) in [5.41, 5.74) is 0.495. The fourth-order valence-electron chi connectivity index (χ4n) is 1.15. The maximum Gasteiger partial charge on any atom is 0.335 e. The molecule has 0 radical (unpaired) electrons. The standard InChI is InChI=1S/C10H11ClO4/c1-15-10(14)9(13)5-6-4-7(12)2-3-8(6)11/h2-4,9,12-13H,5H2,1H3. The Labute approximate surface area is 92.1 Å². The van der Waals surface area contributed by atoms with Crippen molar-refractivity contribution in [2.75, 3.05) is 7.11 Å². The summed E-state index contributed by atoms with van der Waals surface area (Å²) < 4.78 is 4.36. The SMILES string of the molecule is COC(=O)C(O)Cc1cc(O)ccc1Cl. The second-order valence-corrected chi connectivity index (χ2v) is 3.43. The number of aliphatic hydroxyl groups excluding tert-OH is 1. The Kier molecular flexibility index (Phi) is 3.94. The number of benzene rings is 1. The molecule has 0 fully saturated rings. The predicted octanol–water partition coefficient (Wildman–Crippen LogP) is 1.12. The maximum atomic E-state index is 10.9. The van der Waals surface area contributed by atoms with Crippen LogP contribution >= 0.6 is 11.6 Å². The van der Waals surface area contributed by atoms with Crippen LogP contribution in [0.3, 0.4) is 0 Å². The highest BCUT2D eigenvalue weighted by Gasteiger charge is 2.17. The third-order valence-electron chi connectivity index (χ3n) is 1.92. The Bertz CT molecular complexity index is 364. The van der Waals surface area contributed by atoms with E-state index in [1.54, 1.807) is 0 Å². The largest absolute Gasteiger partial charge is 0.508 e. The van der Waals surface area contributed by atoms with E-state index in [0.29, 0.717) is 10.6 Å². The van der Waals surface area contributed by atoms with Crippen LogP contribution in [0.4, 0.5) is 0 Å². The number of hydrogen-bond acceptors (Lipinski definition) is 4. The van der Waals surface area contributed by atoms with Gasteiger partial charge in [-0.2, -0.15) is 0 Å². The van der Waals surface area contributed by atoms with E-state index in [2.05, 4.69) is 4.74 Å². The van der Waals surface area contributed by atoms with Gasteiger partial charge in [-0.05, 0) is 23.8 Å². The van der Waals surface area contributed by atoms with Crippen LogP contribution in [-0.2, 0) is 16.0 Å². The number of carbonyl (C=O) groups is 1. The van der Waals surface area contributed by atoms with Crippen molar-refractivity contribution in [3.8, 4) is 5.75 Å². The fraction of sp³-hybridized carbons (Fsp3) is 0.300. The van der Waals surface area contributed by atoms with E-state index in [0.717, 1.165) is 0 Å². The zero-order chi connectivity index (χ0) is 11.4. The highest BCUT2D eigenvalue weighted by molar-refractivity contribution is 6.31. The molecule has 0 saturated carbocycles. The van der Waals surface area contributed by atoms with Crippen molar-refractivity contribution in [2.45, 2.75) is 12.5 Å². The van der Waals surface area contributed by atoms with Gasteiger partial charge in [0.25, 0.3) is 0 Å². The molecular formula is C10H11ClO4. The third-order valence-corrected chi connectivity index (χ3v) is 2.28. The molecule has 0 bridgehead atoms. The topological polar surface area (TPSA) is 66.8 Å². The minimum absolute atomic E-state index is 0.0138. The number of halogens is 1. The molecule has 0 heterocycles. The van der Waals surface area contributed by atoms with Gasteiger partial charge in [0, 0.05) is 11.4 Å². The summed E-state index contributed by atoms with van der Waals surface area (Å²) in [7, 11) is 1.19. The predicted molar refractivity (Wildman–Crippen MR) is 54.8 cm³/mol. The van der Waals surface area contributed by atoms with Crippen molar-refractivity contribution in [1.29, 1.82) is 0 Å². The number of rotatable bonds is 3. The van der Waals surface area contributed by atoms with Gasteiger partial charge < -0.3 is 14.9 Å². The maximum absolute atomic E-state index is 10.9.